The second-order valence-electron chi connectivity index (χ2n) is 7.24. The van der Waals surface area contributed by atoms with Crippen molar-refractivity contribution in [1.29, 1.82) is 0 Å². The van der Waals surface area contributed by atoms with E-state index in [9.17, 15) is 13.2 Å². The van der Waals surface area contributed by atoms with Crippen molar-refractivity contribution in [2.75, 3.05) is 44.3 Å². The lowest BCUT2D eigenvalue weighted by Gasteiger charge is -2.26. The number of rotatable bonds is 7. The van der Waals surface area contributed by atoms with E-state index in [0.717, 1.165) is 37.1 Å². The topological polar surface area (TPSA) is 79.0 Å². The first-order valence-electron chi connectivity index (χ1n) is 9.67. The molecule has 1 aromatic rings. The standard InChI is InChI=1S/C19H29N3O4S/c1-3-4-15(2)20-19(23)14-21-8-7-16-13-17(5-6-18(16)21)27(24,25)22-9-11-26-12-10-22/h5-6,13,15H,3-4,7-12,14H2,1-2H3,(H,20,23)/t15-/m0/s1. The zero-order valence-electron chi connectivity index (χ0n) is 16.1. The third-order valence-corrected chi connectivity index (χ3v) is 7.01. The Kier molecular flexibility index (Phi) is 6.39. The zero-order chi connectivity index (χ0) is 19.4. The van der Waals surface area contributed by atoms with Gasteiger partial charge in [0.25, 0.3) is 0 Å². The molecule has 2 heterocycles. The Bertz CT molecular complexity index is 775. The molecule has 1 fully saturated rings. The van der Waals surface area contributed by atoms with Crippen molar-refractivity contribution in [2.45, 2.75) is 44.0 Å². The largest absolute Gasteiger partial charge is 0.379 e. The van der Waals surface area contributed by atoms with E-state index in [4.69, 9.17) is 4.74 Å². The average Bonchev–Trinajstić information content (AvgIpc) is 3.04. The molecule has 0 unspecified atom stereocenters. The van der Waals surface area contributed by atoms with Gasteiger partial charge in [0.2, 0.25) is 15.9 Å². The lowest BCUT2D eigenvalue weighted by atomic mass is 10.2. The minimum Gasteiger partial charge on any atom is -0.379 e. The van der Waals surface area contributed by atoms with Crippen LogP contribution in [0.25, 0.3) is 0 Å². The third kappa shape index (κ3) is 4.62. The van der Waals surface area contributed by atoms with Crippen molar-refractivity contribution in [1.82, 2.24) is 9.62 Å². The molecular formula is C19H29N3O4S. The summed E-state index contributed by atoms with van der Waals surface area (Å²) in [5.41, 5.74) is 1.94. The number of hydrogen-bond acceptors (Lipinski definition) is 5. The number of amides is 1. The van der Waals surface area contributed by atoms with Crippen LogP contribution in [0.3, 0.4) is 0 Å². The first-order chi connectivity index (χ1) is 12.9. The van der Waals surface area contributed by atoms with Crippen LogP contribution >= 0.6 is 0 Å². The van der Waals surface area contributed by atoms with E-state index >= 15 is 0 Å². The fraction of sp³-hybridized carbons (Fsp3) is 0.632. The predicted octanol–water partition coefficient (Wildman–Crippen LogP) is 1.37. The third-order valence-electron chi connectivity index (χ3n) is 5.11. The predicted molar refractivity (Wildman–Crippen MR) is 104 cm³/mol. The van der Waals surface area contributed by atoms with Gasteiger partial charge in [0.05, 0.1) is 24.7 Å². The summed E-state index contributed by atoms with van der Waals surface area (Å²) in [5.74, 6) is 0.00816. The minimum absolute atomic E-state index is 0.00816. The van der Waals surface area contributed by atoms with Gasteiger partial charge in [-0.2, -0.15) is 4.31 Å². The Morgan fingerprint density at radius 3 is 2.70 bits per heavy atom. The molecule has 150 valence electrons. The van der Waals surface area contributed by atoms with Gasteiger partial charge < -0.3 is 15.0 Å². The molecule has 2 aliphatic rings. The first-order valence-corrected chi connectivity index (χ1v) is 11.1. The van der Waals surface area contributed by atoms with E-state index in [1.807, 2.05) is 17.9 Å². The highest BCUT2D eigenvalue weighted by Gasteiger charge is 2.29. The Balaban J connectivity index is 1.69. The van der Waals surface area contributed by atoms with Gasteiger partial charge in [-0.3, -0.25) is 4.79 Å². The van der Waals surface area contributed by atoms with Crippen molar-refractivity contribution < 1.29 is 17.9 Å². The maximum absolute atomic E-state index is 12.8. The Hall–Kier alpha value is -1.64. The van der Waals surface area contributed by atoms with E-state index in [-0.39, 0.29) is 11.9 Å². The van der Waals surface area contributed by atoms with Crippen molar-refractivity contribution >= 4 is 21.6 Å². The van der Waals surface area contributed by atoms with Gasteiger partial charge >= 0.3 is 0 Å². The van der Waals surface area contributed by atoms with Crippen molar-refractivity contribution in [3.8, 4) is 0 Å². The molecule has 0 saturated carbocycles. The van der Waals surface area contributed by atoms with Crippen LogP contribution in [0.5, 0.6) is 0 Å². The van der Waals surface area contributed by atoms with Gasteiger partial charge in [-0.1, -0.05) is 13.3 Å². The number of fused-ring (bicyclic) bond motifs is 1. The quantitative estimate of drug-likeness (QED) is 0.755. The van der Waals surface area contributed by atoms with E-state index in [1.165, 1.54) is 4.31 Å². The molecule has 3 rings (SSSR count). The fourth-order valence-electron chi connectivity index (χ4n) is 3.71. The van der Waals surface area contributed by atoms with Gasteiger partial charge in [-0.05, 0) is 43.5 Å². The van der Waals surface area contributed by atoms with Crippen molar-refractivity contribution in [2.24, 2.45) is 0 Å². The normalized spacial score (nSPS) is 19.0. The Labute approximate surface area is 161 Å². The van der Waals surface area contributed by atoms with Gasteiger partial charge in [0, 0.05) is 31.4 Å². The molecule has 1 amide bonds. The number of nitrogens with one attached hydrogen (secondary N) is 1. The molecule has 0 aromatic heterocycles. The number of ether oxygens (including phenoxy) is 1. The molecule has 0 bridgehead atoms. The SMILES string of the molecule is CCC[C@H](C)NC(=O)CN1CCc2cc(S(=O)(=O)N3CCOCC3)ccc21. The number of nitrogens with zero attached hydrogens (tertiary/aromatic N) is 2. The highest BCUT2D eigenvalue weighted by molar-refractivity contribution is 7.89. The highest BCUT2D eigenvalue weighted by Crippen LogP contribution is 2.31. The molecule has 27 heavy (non-hydrogen) atoms. The van der Waals surface area contributed by atoms with Crippen LogP contribution in [0.2, 0.25) is 0 Å². The van der Waals surface area contributed by atoms with E-state index in [1.54, 1.807) is 12.1 Å². The van der Waals surface area contributed by atoms with Crippen molar-refractivity contribution in [3.63, 3.8) is 0 Å². The van der Waals surface area contributed by atoms with E-state index in [2.05, 4.69) is 12.2 Å². The molecule has 1 N–H and O–H groups in total. The fourth-order valence-corrected chi connectivity index (χ4v) is 5.17. The molecule has 0 spiro atoms. The van der Waals surface area contributed by atoms with Gasteiger partial charge in [0.1, 0.15) is 0 Å². The number of hydrogen-bond donors (Lipinski definition) is 1. The van der Waals surface area contributed by atoms with Crippen LogP contribution in [0.15, 0.2) is 23.1 Å². The number of morpholine rings is 1. The maximum atomic E-state index is 12.8. The number of carbonyl (C=O) groups is 1. The number of sulfonamides is 1. The van der Waals surface area contributed by atoms with Crippen LogP contribution < -0.4 is 10.2 Å². The molecule has 0 radical (unpaired) electrons. The number of carbonyl (C=O) groups excluding carboxylic acids is 1. The van der Waals surface area contributed by atoms with Gasteiger partial charge in [-0.15, -0.1) is 0 Å². The van der Waals surface area contributed by atoms with Gasteiger partial charge in [0.15, 0.2) is 0 Å². The van der Waals surface area contributed by atoms with Crippen LogP contribution in [-0.2, 0) is 26.0 Å². The monoisotopic (exact) mass is 395 g/mol. The molecule has 0 aliphatic carbocycles. The summed E-state index contributed by atoms with van der Waals surface area (Å²) in [5, 5.41) is 3.02. The number of benzene rings is 1. The smallest absolute Gasteiger partial charge is 0.243 e. The molecule has 1 aromatic carbocycles. The van der Waals surface area contributed by atoms with Crippen LogP contribution in [0, 0.1) is 0 Å². The second-order valence-corrected chi connectivity index (χ2v) is 9.17. The summed E-state index contributed by atoms with van der Waals surface area (Å²) in [6.07, 6.45) is 2.75. The lowest BCUT2D eigenvalue weighted by molar-refractivity contribution is -0.120. The lowest BCUT2D eigenvalue weighted by Crippen LogP contribution is -2.40. The summed E-state index contributed by atoms with van der Waals surface area (Å²) < 4.78 is 32.4. The van der Waals surface area contributed by atoms with E-state index < -0.39 is 10.0 Å². The van der Waals surface area contributed by atoms with E-state index in [0.29, 0.717) is 37.7 Å². The summed E-state index contributed by atoms with van der Waals surface area (Å²) in [4.78, 5) is 14.6. The van der Waals surface area contributed by atoms with Crippen LogP contribution in [0.1, 0.15) is 32.3 Å². The summed E-state index contributed by atoms with van der Waals surface area (Å²) in [7, 11) is -3.49. The van der Waals surface area contributed by atoms with Gasteiger partial charge in [-0.25, -0.2) is 8.42 Å². The maximum Gasteiger partial charge on any atom is 0.243 e. The highest BCUT2D eigenvalue weighted by atomic mass is 32.2. The Morgan fingerprint density at radius 2 is 2.00 bits per heavy atom. The first kappa shape index (κ1) is 20.1. The molecule has 8 heteroatoms. The summed E-state index contributed by atoms with van der Waals surface area (Å²) >= 11 is 0. The second kappa shape index (κ2) is 8.58. The molecule has 7 nitrogen and oxygen atoms in total. The van der Waals surface area contributed by atoms with Crippen LogP contribution in [0.4, 0.5) is 5.69 Å². The molecule has 1 saturated heterocycles. The zero-order valence-corrected chi connectivity index (χ0v) is 16.9. The minimum atomic E-state index is -3.49. The van der Waals surface area contributed by atoms with Crippen molar-refractivity contribution in [3.05, 3.63) is 23.8 Å². The van der Waals surface area contributed by atoms with Crippen LogP contribution in [-0.4, -0.2) is 64.1 Å². The summed E-state index contributed by atoms with van der Waals surface area (Å²) in [6.45, 7) is 6.79. The molecular weight excluding hydrogens is 366 g/mol. The molecule has 2 aliphatic heterocycles. The number of anilines is 1. The Morgan fingerprint density at radius 1 is 1.26 bits per heavy atom. The average molecular weight is 396 g/mol. The summed E-state index contributed by atoms with van der Waals surface area (Å²) in [6, 6.07) is 5.42. The molecule has 1 atom stereocenters.